The molecule has 59 heavy (non-hydrogen) atoms. The summed E-state index contributed by atoms with van der Waals surface area (Å²) in [5.74, 6) is -3.33. The predicted molar refractivity (Wildman–Crippen MR) is 206 cm³/mol. The van der Waals surface area contributed by atoms with Crippen molar-refractivity contribution in [2.75, 3.05) is 38.2 Å². The van der Waals surface area contributed by atoms with Crippen molar-refractivity contribution >= 4 is 51.0 Å². The van der Waals surface area contributed by atoms with Crippen LogP contribution in [0.3, 0.4) is 0 Å². The Morgan fingerprint density at radius 1 is 0.831 bits per heavy atom. The molecule has 0 radical (unpaired) electrons. The van der Waals surface area contributed by atoms with Crippen LogP contribution in [0.5, 0.6) is 23.3 Å². The Kier molecular flexibility index (Phi) is 12.9. The molecule has 5 aromatic rings. The molecule has 19 heteroatoms. The number of benzene rings is 4. The molecule has 8 rings (SSSR count). The monoisotopic (exact) mass is 849 g/mol. The first kappa shape index (κ1) is 43.0. The number of fused-ring (bicyclic) bond motifs is 4. The lowest BCUT2D eigenvalue weighted by Gasteiger charge is -2.34. The lowest BCUT2D eigenvalue weighted by atomic mass is 9.96. The molecule has 4 N–H and O–H groups in total. The van der Waals surface area contributed by atoms with Gasteiger partial charge in [0.1, 0.15) is 29.7 Å². The Morgan fingerprint density at radius 2 is 1.46 bits per heavy atom. The van der Waals surface area contributed by atoms with Crippen molar-refractivity contribution < 1.29 is 60.7 Å². The number of likely N-dealkylation sites (N-methyl/N-ethyl adjacent to an activating group) is 1. The number of piperazine rings is 1. The molecule has 1 aromatic heterocycles. The fourth-order valence-electron chi connectivity index (χ4n) is 7.21. The van der Waals surface area contributed by atoms with Gasteiger partial charge >= 0.3 is 30.3 Å². The standard InChI is InChI=1S/C36H36ClN5O3.2C2HF3O2/c1-41-14-6-8-25(41)21-44-36-39-32-17-29(28-16-26(43)15-22-7-2-3-9-27(22)28)34(45-33-11-5-4-10-31(33)37)18-30(32)35(40-36)42-19-23-12-13-24(20-42)38-23;2*3-2(4,5)1(6)7/h2-5,7,9-11,15-18,23-25,38,43H,6,8,12-14,19-21H2,1H3;2*(H,6,7)/t23-,24+,25-;;/m0../s1. The highest BCUT2D eigenvalue weighted by atomic mass is 35.5. The number of aromatic hydroxyl groups is 1. The summed E-state index contributed by atoms with van der Waals surface area (Å²) in [6, 6.07) is 24.7. The minimum Gasteiger partial charge on any atom is -0.508 e. The van der Waals surface area contributed by atoms with Crippen molar-refractivity contribution in [3.05, 3.63) is 77.8 Å². The van der Waals surface area contributed by atoms with E-state index < -0.39 is 24.3 Å². The first-order valence-corrected chi connectivity index (χ1v) is 18.7. The maximum atomic E-state index is 10.8. The van der Waals surface area contributed by atoms with Crippen LogP contribution in [0.15, 0.2) is 72.8 Å². The average Bonchev–Trinajstić information content (AvgIpc) is 3.75. The highest BCUT2D eigenvalue weighted by Gasteiger charge is 2.39. The lowest BCUT2D eigenvalue weighted by Crippen LogP contribution is -2.51. The first-order chi connectivity index (χ1) is 27.9. The van der Waals surface area contributed by atoms with Crippen LogP contribution in [0.1, 0.15) is 25.7 Å². The Morgan fingerprint density at radius 3 is 2.07 bits per heavy atom. The summed E-state index contributed by atoms with van der Waals surface area (Å²) in [5.41, 5.74) is 2.39. The summed E-state index contributed by atoms with van der Waals surface area (Å²) in [6.45, 7) is 3.36. The molecule has 4 heterocycles. The van der Waals surface area contributed by atoms with Gasteiger partial charge in [0.05, 0.1) is 10.5 Å². The van der Waals surface area contributed by atoms with Gasteiger partial charge in [0.2, 0.25) is 0 Å². The maximum Gasteiger partial charge on any atom is 0.490 e. The largest absolute Gasteiger partial charge is 0.508 e. The van der Waals surface area contributed by atoms with Gasteiger partial charge in [-0.05, 0) is 92.0 Å². The molecular formula is C40H38ClF6N5O7. The third-order valence-electron chi connectivity index (χ3n) is 10.0. The molecule has 3 aliphatic rings. The molecule has 0 unspecified atom stereocenters. The van der Waals surface area contributed by atoms with Crippen LogP contribution in [0.25, 0.3) is 32.8 Å². The summed E-state index contributed by atoms with van der Waals surface area (Å²) >= 11 is 6.60. The molecule has 3 aliphatic heterocycles. The van der Waals surface area contributed by atoms with E-state index in [2.05, 4.69) is 28.2 Å². The van der Waals surface area contributed by atoms with Crippen molar-refractivity contribution in [3.63, 3.8) is 0 Å². The number of aliphatic carboxylic acids is 2. The van der Waals surface area contributed by atoms with Gasteiger partial charge in [0.15, 0.2) is 0 Å². The second-order valence-corrected chi connectivity index (χ2v) is 14.6. The van der Waals surface area contributed by atoms with Crippen LogP contribution < -0.4 is 19.7 Å². The highest BCUT2D eigenvalue weighted by molar-refractivity contribution is 6.32. The number of carboxylic acid groups (broad SMARTS) is 2. The number of halogens is 7. The normalized spacial score (nSPS) is 19.1. The van der Waals surface area contributed by atoms with Crippen LogP contribution >= 0.6 is 11.6 Å². The summed E-state index contributed by atoms with van der Waals surface area (Å²) in [6.07, 6.45) is -5.56. The third-order valence-corrected chi connectivity index (χ3v) is 10.3. The van der Waals surface area contributed by atoms with Gasteiger partial charge in [-0.3, -0.25) is 0 Å². The van der Waals surface area contributed by atoms with Crippen LogP contribution in [0.2, 0.25) is 5.02 Å². The molecular weight excluding hydrogens is 812 g/mol. The van der Waals surface area contributed by atoms with E-state index in [4.69, 9.17) is 50.8 Å². The third kappa shape index (κ3) is 10.5. The van der Waals surface area contributed by atoms with Gasteiger partial charge in [-0.1, -0.05) is 48.0 Å². The number of rotatable bonds is 7. The number of anilines is 1. The summed E-state index contributed by atoms with van der Waals surface area (Å²) in [5, 5.41) is 32.1. The van der Waals surface area contributed by atoms with E-state index in [-0.39, 0.29) is 5.75 Å². The van der Waals surface area contributed by atoms with Crippen molar-refractivity contribution in [2.24, 2.45) is 0 Å². The van der Waals surface area contributed by atoms with E-state index in [1.807, 2.05) is 54.6 Å². The Hall–Kier alpha value is -5.59. The summed E-state index contributed by atoms with van der Waals surface area (Å²) in [4.78, 5) is 32.6. The van der Waals surface area contributed by atoms with Crippen LogP contribution in [-0.2, 0) is 9.59 Å². The number of carboxylic acids is 2. The van der Waals surface area contributed by atoms with Gasteiger partial charge in [-0.15, -0.1) is 0 Å². The number of phenols is 1. The Labute approximate surface area is 337 Å². The predicted octanol–water partition coefficient (Wildman–Crippen LogP) is 8.28. The smallest absolute Gasteiger partial charge is 0.490 e. The van der Waals surface area contributed by atoms with Crippen LogP contribution in [0, 0.1) is 0 Å². The number of nitrogens with one attached hydrogen (secondary N) is 1. The number of para-hydroxylation sites is 1. The minimum atomic E-state index is -5.08. The molecule has 3 fully saturated rings. The average molecular weight is 850 g/mol. The van der Waals surface area contributed by atoms with Gasteiger partial charge in [-0.25, -0.2) is 9.59 Å². The molecule has 3 saturated heterocycles. The van der Waals surface area contributed by atoms with E-state index in [9.17, 15) is 31.4 Å². The topological polar surface area (TPSA) is 158 Å². The zero-order valence-corrected chi connectivity index (χ0v) is 32.0. The fraction of sp³-hybridized carbons (Fsp3) is 0.350. The molecule has 4 aromatic carbocycles. The summed E-state index contributed by atoms with van der Waals surface area (Å²) < 4.78 is 76.4. The molecule has 3 atom stereocenters. The quantitative estimate of drug-likeness (QED) is 0.116. The highest BCUT2D eigenvalue weighted by Crippen LogP contribution is 2.44. The van der Waals surface area contributed by atoms with Crippen molar-refractivity contribution in [1.82, 2.24) is 20.2 Å². The Bertz CT molecular complexity index is 2300. The van der Waals surface area contributed by atoms with E-state index in [1.54, 1.807) is 12.1 Å². The van der Waals surface area contributed by atoms with Crippen molar-refractivity contribution in [1.29, 1.82) is 0 Å². The molecule has 12 nitrogen and oxygen atoms in total. The van der Waals surface area contributed by atoms with Crippen molar-refractivity contribution in [3.8, 4) is 34.4 Å². The molecule has 0 aliphatic carbocycles. The number of alkyl halides is 6. The number of hydrogen-bond donors (Lipinski definition) is 4. The molecule has 314 valence electrons. The number of phenolic OH excluding ortho intramolecular Hbond substituents is 1. The minimum absolute atomic E-state index is 0.178. The number of hydrogen-bond acceptors (Lipinski definition) is 10. The second-order valence-electron chi connectivity index (χ2n) is 14.2. The second kappa shape index (κ2) is 17.7. The van der Waals surface area contributed by atoms with E-state index in [0.717, 1.165) is 77.5 Å². The Balaban J connectivity index is 0.000000361. The van der Waals surface area contributed by atoms with Crippen LogP contribution in [0.4, 0.5) is 32.2 Å². The number of likely N-dealkylation sites (tertiary alicyclic amines) is 1. The number of aromatic nitrogens is 2. The van der Waals surface area contributed by atoms with Gasteiger partial charge in [0.25, 0.3) is 0 Å². The molecule has 2 bridgehead atoms. The number of ether oxygens (including phenoxy) is 2. The van der Waals surface area contributed by atoms with Gasteiger partial charge in [0, 0.05) is 42.2 Å². The van der Waals surface area contributed by atoms with Gasteiger partial charge < -0.3 is 39.9 Å². The van der Waals surface area contributed by atoms with Gasteiger partial charge in [-0.2, -0.15) is 36.3 Å². The van der Waals surface area contributed by atoms with E-state index in [1.165, 1.54) is 6.42 Å². The van der Waals surface area contributed by atoms with E-state index in [0.29, 0.717) is 47.3 Å². The first-order valence-electron chi connectivity index (χ1n) is 18.3. The zero-order valence-electron chi connectivity index (χ0n) is 31.2. The SMILES string of the molecule is CN1CCC[C@H]1COc1nc(N2C[C@H]3CC[C@@H](C2)N3)c2cc(Oc3ccccc3Cl)c(-c3cc(O)cc4ccccc34)cc2n1.O=C(O)C(F)(F)F.O=C(O)C(F)(F)F. The van der Waals surface area contributed by atoms with Crippen molar-refractivity contribution in [2.45, 2.75) is 56.2 Å². The zero-order chi connectivity index (χ0) is 42.6. The lowest BCUT2D eigenvalue weighted by molar-refractivity contribution is -0.193. The fourth-order valence-corrected chi connectivity index (χ4v) is 7.39. The summed E-state index contributed by atoms with van der Waals surface area (Å²) in [7, 11) is 2.15. The molecule has 0 saturated carbocycles. The van der Waals surface area contributed by atoms with Crippen LogP contribution in [-0.4, -0.2) is 106 Å². The van der Waals surface area contributed by atoms with E-state index >= 15 is 0 Å². The maximum absolute atomic E-state index is 10.8. The molecule has 0 spiro atoms. The number of carbonyl (C=O) groups is 2. The molecule has 0 amide bonds. The number of nitrogens with zero attached hydrogens (tertiary/aromatic N) is 4.